The molecule has 34 heavy (non-hydrogen) atoms. The molecule has 3 aromatic rings. The number of carbonyl (C=O) groups excluding carboxylic acids is 1. The fraction of sp³-hybridized carbons (Fsp3) is 0.400. The van der Waals surface area contributed by atoms with Crippen LogP contribution in [0.5, 0.6) is 0 Å². The van der Waals surface area contributed by atoms with Gasteiger partial charge in [0.1, 0.15) is 4.21 Å². The molecule has 184 valence electrons. The predicted octanol–water partition coefficient (Wildman–Crippen LogP) is 4.09. The summed E-state index contributed by atoms with van der Waals surface area (Å²) in [5.41, 5.74) is 1.79. The van der Waals surface area contributed by atoms with E-state index in [9.17, 15) is 13.2 Å². The van der Waals surface area contributed by atoms with Gasteiger partial charge in [-0.25, -0.2) is 18.2 Å². The van der Waals surface area contributed by atoms with Crippen molar-refractivity contribution in [2.45, 2.75) is 50.0 Å². The van der Waals surface area contributed by atoms with E-state index in [0.717, 1.165) is 35.0 Å². The van der Waals surface area contributed by atoms with E-state index in [1.54, 1.807) is 6.07 Å². The maximum atomic E-state index is 12.5. The Kier molecular flexibility index (Phi) is 9.21. The van der Waals surface area contributed by atoms with Gasteiger partial charge in [0.15, 0.2) is 0 Å². The molecule has 9 heteroatoms. The van der Waals surface area contributed by atoms with Crippen molar-refractivity contribution in [1.82, 2.24) is 15.1 Å². The second-order valence-corrected chi connectivity index (χ2v) is 12.1. The van der Waals surface area contributed by atoms with Crippen LogP contribution < -0.4 is 10.0 Å². The van der Waals surface area contributed by atoms with E-state index < -0.39 is 15.6 Å². The second-order valence-electron chi connectivity index (χ2n) is 9.06. The van der Waals surface area contributed by atoms with Crippen LogP contribution in [0.2, 0.25) is 0 Å². The van der Waals surface area contributed by atoms with Crippen molar-refractivity contribution in [2.75, 3.05) is 19.6 Å². The number of thiophene rings is 1. The first kappa shape index (κ1) is 26.3. The fourth-order valence-corrected chi connectivity index (χ4v) is 5.89. The quantitative estimate of drug-likeness (QED) is 0.208. The summed E-state index contributed by atoms with van der Waals surface area (Å²) in [5, 5.41) is 5.54. The first-order valence-corrected chi connectivity index (χ1v) is 13.6. The summed E-state index contributed by atoms with van der Waals surface area (Å²) in [7, 11) is -3.49. The summed E-state index contributed by atoms with van der Waals surface area (Å²) in [6.07, 6.45) is 2.56. The monoisotopic (exact) mass is 503 g/mol. The minimum absolute atomic E-state index is 0.342. The van der Waals surface area contributed by atoms with Gasteiger partial charge < -0.3 is 5.32 Å². The van der Waals surface area contributed by atoms with Crippen molar-refractivity contribution in [1.29, 1.82) is 0 Å². The summed E-state index contributed by atoms with van der Waals surface area (Å²) in [6.45, 7) is 7.82. The van der Waals surface area contributed by atoms with Crippen molar-refractivity contribution in [3.63, 3.8) is 0 Å². The van der Waals surface area contributed by atoms with Gasteiger partial charge in [0.2, 0.25) is 16.4 Å². The van der Waals surface area contributed by atoms with Gasteiger partial charge in [-0.05, 0) is 68.8 Å². The second kappa shape index (κ2) is 11.9. The highest BCUT2D eigenvalue weighted by atomic mass is 32.2. The SMILES string of the molecule is CC(C)(C)ON(C=O)Cc1ccc(CCCNCCNS(=O)(=O)c2cc3ccccc3s2)cc1. The summed E-state index contributed by atoms with van der Waals surface area (Å²) in [6, 6.07) is 17.5. The molecular weight excluding hydrogens is 470 g/mol. The largest absolute Gasteiger partial charge is 0.315 e. The van der Waals surface area contributed by atoms with Gasteiger partial charge in [0.05, 0.1) is 12.1 Å². The third-order valence-electron chi connectivity index (χ3n) is 4.95. The number of carbonyl (C=O) groups is 1. The Balaban J connectivity index is 1.33. The average molecular weight is 504 g/mol. The molecule has 2 N–H and O–H groups in total. The lowest BCUT2D eigenvalue weighted by atomic mass is 10.1. The summed E-state index contributed by atoms with van der Waals surface area (Å²) in [4.78, 5) is 16.8. The maximum absolute atomic E-state index is 12.5. The van der Waals surface area contributed by atoms with Gasteiger partial charge >= 0.3 is 0 Å². The number of sulfonamides is 1. The first-order chi connectivity index (χ1) is 16.2. The number of hydrogen-bond acceptors (Lipinski definition) is 6. The highest BCUT2D eigenvalue weighted by molar-refractivity contribution is 7.91. The molecular formula is C25H33N3O4S2. The van der Waals surface area contributed by atoms with Crippen LogP contribution in [0.1, 0.15) is 38.3 Å². The van der Waals surface area contributed by atoms with Crippen LogP contribution in [0.4, 0.5) is 0 Å². The van der Waals surface area contributed by atoms with Crippen LogP contribution in [0.15, 0.2) is 58.8 Å². The zero-order valence-electron chi connectivity index (χ0n) is 19.9. The Bertz CT molecular complexity index is 1140. The zero-order valence-corrected chi connectivity index (χ0v) is 21.5. The lowest BCUT2D eigenvalue weighted by molar-refractivity contribution is -0.220. The summed E-state index contributed by atoms with van der Waals surface area (Å²) in [5.74, 6) is 0. The van der Waals surface area contributed by atoms with Crippen molar-refractivity contribution >= 4 is 37.9 Å². The molecule has 0 saturated heterocycles. The molecule has 0 fully saturated rings. The maximum Gasteiger partial charge on any atom is 0.250 e. The number of nitrogens with one attached hydrogen (secondary N) is 2. The van der Waals surface area contributed by atoms with Gasteiger partial charge in [-0.15, -0.1) is 11.3 Å². The number of fused-ring (bicyclic) bond motifs is 1. The zero-order chi connectivity index (χ0) is 24.6. The molecule has 1 heterocycles. The standard InChI is InChI=1S/C25H33N3O4S2/c1-25(2,3)32-28(19-29)18-21-12-10-20(11-13-21)7-6-14-26-15-16-27-34(30,31)24-17-22-8-4-5-9-23(22)33-24/h4-5,8-13,17,19,26-27H,6-7,14-16,18H2,1-3H3. The van der Waals surface area contributed by atoms with Gasteiger partial charge in [-0.1, -0.05) is 42.5 Å². The van der Waals surface area contributed by atoms with Gasteiger partial charge in [0, 0.05) is 17.8 Å². The van der Waals surface area contributed by atoms with E-state index >= 15 is 0 Å². The number of hydrogen-bond donors (Lipinski definition) is 2. The molecule has 0 aliphatic carbocycles. The van der Waals surface area contributed by atoms with Crippen LogP contribution in [0.3, 0.4) is 0 Å². The highest BCUT2D eigenvalue weighted by Gasteiger charge is 2.17. The summed E-state index contributed by atoms with van der Waals surface area (Å²) < 4.78 is 29.0. The van der Waals surface area contributed by atoms with Gasteiger partial charge in [0.25, 0.3) is 0 Å². The molecule has 0 aliphatic rings. The number of benzene rings is 2. The number of nitrogens with zero attached hydrogens (tertiary/aromatic N) is 1. The Hall–Kier alpha value is -2.30. The van der Waals surface area contributed by atoms with E-state index in [2.05, 4.69) is 22.2 Å². The fourth-order valence-electron chi connectivity index (χ4n) is 3.41. The highest BCUT2D eigenvalue weighted by Crippen LogP contribution is 2.28. The predicted molar refractivity (Wildman–Crippen MR) is 137 cm³/mol. The molecule has 3 rings (SSSR count). The van der Waals surface area contributed by atoms with E-state index in [1.807, 2.05) is 57.2 Å². The molecule has 0 radical (unpaired) electrons. The normalized spacial score (nSPS) is 12.2. The Labute approximate surface area is 206 Å². The third-order valence-corrected chi connectivity index (χ3v) is 8.00. The Morgan fingerprint density at radius 2 is 1.71 bits per heavy atom. The molecule has 0 aliphatic heterocycles. The molecule has 0 bridgehead atoms. The molecule has 1 amide bonds. The van der Waals surface area contributed by atoms with Crippen molar-refractivity contribution in [3.8, 4) is 0 Å². The minimum Gasteiger partial charge on any atom is -0.315 e. The van der Waals surface area contributed by atoms with Crippen LogP contribution in [0, 0.1) is 0 Å². The van der Waals surface area contributed by atoms with Gasteiger partial charge in [-0.3, -0.25) is 9.63 Å². The summed E-state index contributed by atoms with van der Waals surface area (Å²) >= 11 is 1.28. The molecule has 0 spiro atoms. The van der Waals surface area contributed by atoms with Crippen LogP contribution in [0.25, 0.3) is 10.1 Å². The van der Waals surface area contributed by atoms with Gasteiger partial charge in [-0.2, -0.15) is 0 Å². The number of hydroxylamine groups is 2. The topological polar surface area (TPSA) is 87.7 Å². The van der Waals surface area contributed by atoms with Crippen molar-refractivity contribution in [2.24, 2.45) is 0 Å². The molecule has 2 aromatic carbocycles. The smallest absolute Gasteiger partial charge is 0.250 e. The average Bonchev–Trinajstić information content (AvgIpc) is 3.23. The molecule has 0 saturated carbocycles. The molecule has 0 atom stereocenters. The van der Waals surface area contributed by atoms with Crippen LogP contribution in [-0.4, -0.2) is 45.1 Å². The first-order valence-electron chi connectivity index (χ1n) is 11.3. The van der Waals surface area contributed by atoms with Crippen LogP contribution in [-0.2, 0) is 32.6 Å². The molecule has 1 aromatic heterocycles. The lowest BCUT2D eigenvalue weighted by Crippen LogP contribution is -2.32. The Morgan fingerprint density at radius 1 is 1.00 bits per heavy atom. The number of amides is 1. The minimum atomic E-state index is -3.49. The van der Waals surface area contributed by atoms with Crippen molar-refractivity contribution < 1.29 is 18.0 Å². The lowest BCUT2D eigenvalue weighted by Gasteiger charge is -2.26. The molecule has 0 unspecified atom stereocenters. The van der Waals surface area contributed by atoms with E-state index in [-0.39, 0.29) is 0 Å². The van der Waals surface area contributed by atoms with Crippen molar-refractivity contribution in [3.05, 3.63) is 65.7 Å². The number of rotatable bonds is 13. The third kappa shape index (κ3) is 8.18. The molecule has 7 nitrogen and oxygen atoms in total. The number of aryl methyl sites for hydroxylation is 1. The van der Waals surface area contributed by atoms with E-state index in [1.165, 1.54) is 22.0 Å². The Morgan fingerprint density at radius 3 is 2.38 bits per heavy atom. The van der Waals surface area contributed by atoms with E-state index in [4.69, 9.17) is 4.84 Å². The van der Waals surface area contributed by atoms with E-state index in [0.29, 0.717) is 30.3 Å². The van der Waals surface area contributed by atoms with Crippen LogP contribution >= 0.6 is 11.3 Å².